The van der Waals surface area contributed by atoms with Crippen molar-refractivity contribution in [3.8, 4) is 0 Å². The molecule has 0 unspecified atom stereocenters. The van der Waals surface area contributed by atoms with E-state index in [1.165, 1.54) is 17.0 Å². The van der Waals surface area contributed by atoms with Crippen molar-refractivity contribution in [2.45, 2.75) is 0 Å². The minimum Gasteiger partial charge on any atom is -0.481 e. The van der Waals surface area contributed by atoms with E-state index in [1.54, 1.807) is 0 Å². The topological polar surface area (TPSA) is 70.8 Å². The molecule has 0 aliphatic carbocycles. The Morgan fingerprint density at radius 3 is 2.60 bits per heavy atom. The van der Waals surface area contributed by atoms with Gasteiger partial charge in [-0.25, -0.2) is 0 Å². The van der Waals surface area contributed by atoms with Gasteiger partial charge in [0.25, 0.3) is 5.91 Å². The van der Waals surface area contributed by atoms with Gasteiger partial charge in [0.2, 0.25) is 0 Å². The first kappa shape index (κ1) is 10.0. The summed E-state index contributed by atoms with van der Waals surface area (Å²) >= 11 is 5.52. The summed E-state index contributed by atoms with van der Waals surface area (Å²) in [5, 5.41) is 8.77. The molecule has 6 heteroatoms. The number of hydrogen-bond donors (Lipinski definition) is 1. The van der Waals surface area contributed by atoms with Crippen LogP contribution in [0.15, 0.2) is 16.5 Å². The summed E-state index contributed by atoms with van der Waals surface area (Å²) in [7, 11) is 0. The zero-order valence-corrected chi connectivity index (χ0v) is 8.40. The van der Waals surface area contributed by atoms with Crippen LogP contribution in [-0.2, 0) is 4.79 Å². The molecule has 1 aromatic heterocycles. The van der Waals surface area contributed by atoms with Gasteiger partial charge in [0.05, 0.1) is 5.92 Å². The normalized spacial score (nSPS) is 16.2. The highest BCUT2D eigenvalue weighted by Crippen LogP contribution is 2.21. The van der Waals surface area contributed by atoms with Gasteiger partial charge in [0.1, 0.15) is 0 Å². The number of carbonyl (C=O) groups is 2. The zero-order valence-electron chi connectivity index (χ0n) is 7.64. The summed E-state index contributed by atoms with van der Waals surface area (Å²) in [5.74, 6) is -1.51. The Bertz CT molecular complexity index is 408. The van der Waals surface area contributed by atoms with Crippen LogP contribution in [0.25, 0.3) is 0 Å². The number of aliphatic carboxylic acids is 1. The van der Waals surface area contributed by atoms with Crippen LogP contribution in [0.3, 0.4) is 0 Å². The van der Waals surface area contributed by atoms with Gasteiger partial charge < -0.3 is 14.4 Å². The largest absolute Gasteiger partial charge is 0.481 e. The third-order valence-electron chi connectivity index (χ3n) is 2.30. The van der Waals surface area contributed by atoms with Crippen molar-refractivity contribution >= 4 is 23.5 Å². The van der Waals surface area contributed by atoms with Gasteiger partial charge in [-0.05, 0) is 23.7 Å². The highest BCUT2D eigenvalue weighted by Gasteiger charge is 2.36. The summed E-state index contributed by atoms with van der Waals surface area (Å²) in [4.78, 5) is 23.5. The number of amides is 1. The van der Waals surface area contributed by atoms with Gasteiger partial charge in [0.15, 0.2) is 11.0 Å². The molecule has 0 saturated carbocycles. The first-order valence-corrected chi connectivity index (χ1v) is 4.73. The van der Waals surface area contributed by atoms with Crippen molar-refractivity contribution in [3.05, 3.63) is 23.1 Å². The molecule has 0 spiro atoms. The second-order valence-electron chi connectivity index (χ2n) is 3.35. The Labute approximate surface area is 90.2 Å². The summed E-state index contributed by atoms with van der Waals surface area (Å²) in [6.07, 6.45) is 0. The standard InChI is InChI=1S/C9H8ClNO4/c10-7-2-1-6(15-7)8(12)11-3-5(4-11)9(13)14/h1-2,5H,3-4H2,(H,13,14). The van der Waals surface area contributed by atoms with Gasteiger partial charge in [-0.15, -0.1) is 0 Å². The number of furan rings is 1. The van der Waals surface area contributed by atoms with Gasteiger partial charge in [-0.3, -0.25) is 9.59 Å². The molecule has 5 nitrogen and oxygen atoms in total. The van der Waals surface area contributed by atoms with Gasteiger partial charge in [0, 0.05) is 13.1 Å². The molecule has 1 aliphatic heterocycles. The van der Waals surface area contributed by atoms with E-state index in [-0.39, 0.29) is 30.0 Å². The summed E-state index contributed by atoms with van der Waals surface area (Å²) < 4.78 is 4.92. The number of rotatable bonds is 2. The molecule has 0 radical (unpaired) electrons. The molecule has 1 fully saturated rings. The van der Waals surface area contributed by atoms with Crippen molar-refractivity contribution < 1.29 is 19.1 Å². The Balaban J connectivity index is 1.97. The van der Waals surface area contributed by atoms with Crippen LogP contribution in [0.1, 0.15) is 10.6 Å². The molecule has 2 rings (SSSR count). The van der Waals surface area contributed by atoms with Crippen LogP contribution in [0.2, 0.25) is 5.22 Å². The highest BCUT2D eigenvalue weighted by atomic mass is 35.5. The van der Waals surface area contributed by atoms with Crippen LogP contribution in [0.5, 0.6) is 0 Å². The predicted molar refractivity (Wildman–Crippen MR) is 50.7 cm³/mol. The van der Waals surface area contributed by atoms with E-state index in [0.717, 1.165) is 0 Å². The van der Waals surface area contributed by atoms with Crippen molar-refractivity contribution in [1.29, 1.82) is 0 Å². The third-order valence-corrected chi connectivity index (χ3v) is 2.51. The number of carboxylic acids is 1. The number of halogens is 1. The predicted octanol–water partition coefficient (Wildman–Crippen LogP) is 1.09. The van der Waals surface area contributed by atoms with Gasteiger partial charge in [-0.1, -0.05) is 0 Å². The molecule has 0 atom stereocenters. The van der Waals surface area contributed by atoms with E-state index in [2.05, 4.69) is 0 Å². The Morgan fingerprint density at radius 2 is 2.13 bits per heavy atom. The average molecular weight is 230 g/mol. The minimum atomic E-state index is -0.878. The number of carbonyl (C=O) groups excluding carboxylic acids is 1. The molecule has 1 N–H and O–H groups in total. The monoisotopic (exact) mass is 229 g/mol. The average Bonchev–Trinajstić information content (AvgIpc) is 2.48. The molecule has 80 valence electrons. The van der Waals surface area contributed by atoms with E-state index in [0.29, 0.717) is 0 Å². The van der Waals surface area contributed by atoms with Crippen molar-refractivity contribution in [2.24, 2.45) is 5.92 Å². The fourth-order valence-corrected chi connectivity index (χ4v) is 1.53. The van der Waals surface area contributed by atoms with E-state index in [1.807, 2.05) is 0 Å². The second-order valence-corrected chi connectivity index (χ2v) is 3.72. The molecule has 1 aliphatic rings. The fourth-order valence-electron chi connectivity index (χ4n) is 1.39. The van der Waals surface area contributed by atoms with Crippen LogP contribution >= 0.6 is 11.6 Å². The van der Waals surface area contributed by atoms with Gasteiger partial charge in [-0.2, -0.15) is 0 Å². The lowest BCUT2D eigenvalue weighted by Crippen LogP contribution is -2.52. The molecular formula is C9H8ClNO4. The summed E-state index contributed by atoms with van der Waals surface area (Å²) in [6.45, 7) is 0.457. The van der Waals surface area contributed by atoms with Crippen molar-refractivity contribution in [3.63, 3.8) is 0 Å². The molecule has 1 amide bonds. The number of nitrogens with zero attached hydrogens (tertiary/aromatic N) is 1. The number of likely N-dealkylation sites (tertiary alicyclic amines) is 1. The molecule has 1 aromatic rings. The fraction of sp³-hybridized carbons (Fsp3) is 0.333. The molecule has 1 saturated heterocycles. The molecule has 0 bridgehead atoms. The molecule has 2 heterocycles. The Morgan fingerprint density at radius 1 is 1.47 bits per heavy atom. The van der Waals surface area contributed by atoms with E-state index in [4.69, 9.17) is 21.1 Å². The smallest absolute Gasteiger partial charge is 0.310 e. The van der Waals surface area contributed by atoms with Crippen molar-refractivity contribution in [1.82, 2.24) is 4.90 Å². The highest BCUT2D eigenvalue weighted by molar-refractivity contribution is 6.29. The maximum Gasteiger partial charge on any atom is 0.310 e. The zero-order chi connectivity index (χ0) is 11.0. The summed E-state index contributed by atoms with van der Waals surface area (Å²) in [6, 6.07) is 2.95. The maximum atomic E-state index is 11.6. The summed E-state index contributed by atoms with van der Waals surface area (Å²) in [5.41, 5.74) is 0. The van der Waals surface area contributed by atoms with Crippen LogP contribution in [0.4, 0.5) is 0 Å². The second kappa shape index (κ2) is 3.58. The lowest BCUT2D eigenvalue weighted by atomic mass is 10.0. The van der Waals surface area contributed by atoms with Crippen LogP contribution < -0.4 is 0 Å². The maximum absolute atomic E-state index is 11.6. The first-order chi connectivity index (χ1) is 7.08. The van der Waals surface area contributed by atoms with E-state index >= 15 is 0 Å². The van der Waals surface area contributed by atoms with Crippen LogP contribution in [0, 0.1) is 5.92 Å². The number of hydrogen-bond acceptors (Lipinski definition) is 3. The van der Waals surface area contributed by atoms with Crippen LogP contribution in [-0.4, -0.2) is 35.0 Å². The Kier molecular flexibility index (Phi) is 2.40. The molecule has 15 heavy (non-hydrogen) atoms. The lowest BCUT2D eigenvalue weighted by Gasteiger charge is -2.35. The SMILES string of the molecule is O=C(O)C1CN(C(=O)c2ccc(Cl)o2)C1. The van der Waals surface area contributed by atoms with Crippen molar-refractivity contribution in [2.75, 3.05) is 13.1 Å². The third kappa shape index (κ3) is 1.83. The molecular weight excluding hydrogens is 222 g/mol. The quantitative estimate of drug-likeness (QED) is 0.824. The minimum absolute atomic E-state index is 0.142. The number of carboxylic acid groups (broad SMARTS) is 1. The first-order valence-electron chi connectivity index (χ1n) is 4.35. The van der Waals surface area contributed by atoms with Gasteiger partial charge >= 0.3 is 5.97 Å². The molecule has 0 aromatic carbocycles. The van der Waals surface area contributed by atoms with E-state index < -0.39 is 11.9 Å². The van der Waals surface area contributed by atoms with E-state index in [9.17, 15) is 9.59 Å². The lowest BCUT2D eigenvalue weighted by molar-refractivity contribution is -0.146. The Hall–Kier alpha value is -1.49.